The molecule has 6 heteroatoms. The molecule has 3 aromatic carbocycles. The maximum Gasteiger partial charge on any atom is 0.277 e. The highest BCUT2D eigenvalue weighted by Gasteiger charge is 2.19. The van der Waals surface area contributed by atoms with Crippen LogP contribution in [0.5, 0.6) is 5.75 Å². The van der Waals surface area contributed by atoms with Crippen LogP contribution >= 0.6 is 27.5 Å². The van der Waals surface area contributed by atoms with E-state index in [9.17, 15) is 4.79 Å². The lowest BCUT2D eigenvalue weighted by atomic mass is 10.1. The molecule has 1 aliphatic rings. The van der Waals surface area contributed by atoms with Gasteiger partial charge in [0.2, 0.25) is 0 Å². The quantitative estimate of drug-likeness (QED) is 0.191. The zero-order valence-corrected chi connectivity index (χ0v) is 23.2. The van der Waals surface area contributed by atoms with Crippen molar-refractivity contribution in [3.63, 3.8) is 0 Å². The minimum atomic E-state index is -0.210. The molecule has 4 rings (SSSR count). The van der Waals surface area contributed by atoms with Crippen LogP contribution in [0.1, 0.15) is 32.6 Å². The van der Waals surface area contributed by atoms with Crippen molar-refractivity contribution < 1.29 is 14.4 Å². The largest absolute Gasteiger partial charge is 0.489 e. The second kappa shape index (κ2) is 12.9. The predicted molar refractivity (Wildman–Crippen MR) is 153 cm³/mol. The summed E-state index contributed by atoms with van der Waals surface area (Å²) in [5.41, 5.74) is 5.73. The van der Waals surface area contributed by atoms with E-state index in [0.717, 1.165) is 32.5 Å². The molecule has 0 fully saturated rings. The van der Waals surface area contributed by atoms with Crippen LogP contribution in [0.2, 0.25) is 0 Å². The average Bonchev–Trinajstić information content (AvgIpc) is 3.11. The number of rotatable bonds is 9. The van der Waals surface area contributed by atoms with Gasteiger partial charge < -0.3 is 4.74 Å². The summed E-state index contributed by atoms with van der Waals surface area (Å²) in [4.78, 5) is 19.5. The lowest BCUT2D eigenvalue weighted by Crippen LogP contribution is -2.33. The van der Waals surface area contributed by atoms with Gasteiger partial charge in [0.15, 0.2) is 0 Å². The molecule has 0 heterocycles. The van der Waals surface area contributed by atoms with Crippen LogP contribution in [0.4, 0.5) is 0 Å². The highest BCUT2D eigenvalue weighted by Crippen LogP contribution is 2.21. The maximum atomic E-state index is 13.4. The Labute approximate surface area is 231 Å². The number of ether oxygens (including phenoxy) is 1. The van der Waals surface area contributed by atoms with Gasteiger partial charge in [-0.1, -0.05) is 88.3 Å². The Balaban J connectivity index is 1.43. The summed E-state index contributed by atoms with van der Waals surface area (Å²) in [5, 5.41) is 1.22. The fraction of sp³-hybridized carbons (Fsp3) is 0.194. The highest BCUT2D eigenvalue weighted by molar-refractivity contribution is 9.10. The van der Waals surface area contributed by atoms with Crippen LogP contribution in [0, 0.1) is 13.8 Å². The number of carbonyl (C=O) groups is 1. The third kappa shape index (κ3) is 7.93. The number of hydrogen-bond donors (Lipinski definition) is 0. The summed E-state index contributed by atoms with van der Waals surface area (Å²) in [5.74, 6) is 0.567. The van der Waals surface area contributed by atoms with Gasteiger partial charge in [0.1, 0.15) is 19.0 Å². The van der Waals surface area contributed by atoms with Gasteiger partial charge in [-0.05, 0) is 66.4 Å². The minimum Gasteiger partial charge on any atom is -0.489 e. The molecule has 4 nitrogen and oxygen atoms in total. The fourth-order valence-electron chi connectivity index (χ4n) is 3.67. The molecule has 0 spiro atoms. The summed E-state index contributed by atoms with van der Waals surface area (Å²) in [6, 6.07) is 21.5. The Morgan fingerprint density at radius 2 is 1.65 bits per heavy atom. The first-order valence-corrected chi connectivity index (χ1v) is 13.3. The van der Waals surface area contributed by atoms with E-state index in [2.05, 4.69) is 47.1 Å². The molecule has 3 aromatic rings. The Morgan fingerprint density at radius 3 is 2.38 bits per heavy atom. The smallest absolute Gasteiger partial charge is 0.277 e. The Bertz CT molecular complexity index is 1310. The standard InChI is InChI=1S/C31H29BrClNO3/c1-22-6-8-25(9-7-22)20-36-29-15-11-26(12-16-29)21-37-34(19-24-4-3-5-28(33)14-10-24)31(35)27-13-17-30(32)23(2)18-27/h3-18,28H,19-21H2,1-2H3. The van der Waals surface area contributed by atoms with Crippen LogP contribution in [-0.2, 0) is 18.1 Å². The van der Waals surface area contributed by atoms with Crippen LogP contribution < -0.4 is 4.74 Å². The van der Waals surface area contributed by atoms with E-state index >= 15 is 0 Å². The molecule has 1 atom stereocenters. The van der Waals surface area contributed by atoms with Crippen LogP contribution in [-0.4, -0.2) is 22.9 Å². The molecule has 0 radical (unpaired) electrons. The number of carbonyl (C=O) groups excluding carboxylic acids is 1. The van der Waals surface area contributed by atoms with Gasteiger partial charge in [-0.2, -0.15) is 0 Å². The Hall–Kier alpha value is -3.12. The van der Waals surface area contributed by atoms with E-state index in [4.69, 9.17) is 21.2 Å². The second-order valence-corrected chi connectivity index (χ2v) is 10.3. The Morgan fingerprint density at radius 1 is 0.946 bits per heavy atom. The first kappa shape index (κ1) is 26.9. The molecular formula is C31H29BrClNO3. The van der Waals surface area contributed by atoms with Gasteiger partial charge in [0.05, 0.1) is 11.9 Å². The number of hydrogen-bond acceptors (Lipinski definition) is 3. The van der Waals surface area contributed by atoms with Crippen molar-refractivity contribution in [1.82, 2.24) is 5.06 Å². The summed E-state index contributed by atoms with van der Waals surface area (Å²) in [7, 11) is 0. The molecule has 0 bridgehead atoms. The molecule has 1 unspecified atom stereocenters. The van der Waals surface area contributed by atoms with E-state index in [1.165, 1.54) is 10.6 Å². The van der Waals surface area contributed by atoms with Gasteiger partial charge in [-0.3, -0.25) is 9.63 Å². The molecule has 190 valence electrons. The molecule has 1 aliphatic carbocycles. The molecule has 0 saturated heterocycles. The zero-order chi connectivity index (χ0) is 26.2. The molecule has 37 heavy (non-hydrogen) atoms. The molecule has 0 N–H and O–H groups in total. The van der Waals surface area contributed by atoms with E-state index in [1.807, 2.05) is 73.7 Å². The first-order chi connectivity index (χ1) is 17.9. The number of alkyl halides is 1. The zero-order valence-electron chi connectivity index (χ0n) is 20.9. The molecule has 1 amide bonds. The van der Waals surface area contributed by atoms with Crippen LogP contribution in [0.3, 0.4) is 0 Å². The monoisotopic (exact) mass is 577 g/mol. The van der Waals surface area contributed by atoms with Crippen LogP contribution in [0.15, 0.2) is 107 Å². The number of aryl methyl sites for hydroxylation is 2. The molecule has 0 saturated carbocycles. The van der Waals surface area contributed by atoms with E-state index in [-0.39, 0.29) is 24.4 Å². The number of amides is 1. The van der Waals surface area contributed by atoms with E-state index in [0.29, 0.717) is 12.2 Å². The number of halogens is 2. The lowest BCUT2D eigenvalue weighted by Gasteiger charge is -2.23. The summed E-state index contributed by atoms with van der Waals surface area (Å²) in [6.45, 7) is 5.05. The van der Waals surface area contributed by atoms with Crippen molar-refractivity contribution in [3.8, 4) is 5.75 Å². The van der Waals surface area contributed by atoms with Gasteiger partial charge in [-0.25, -0.2) is 5.06 Å². The SMILES string of the molecule is Cc1ccc(COc2ccc(CON(CC3=CC=CC(Cl)C=C3)C(=O)c3ccc(Br)c(C)c3)cc2)cc1. The van der Waals surface area contributed by atoms with Crippen molar-refractivity contribution in [2.45, 2.75) is 32.4 Å². The Kier molecular flexibility index (Phi) is 9.40. The molecular weight excluding hydrogens is 550 g/mol. The highest BCUT2D eigenvalue weighted by atomic mass is 79.9. The van der Waals surface area contributed by atoms with Gasteiger partial charge in [-0.15, -0.1) is 11.6 Å². The summed E-state index contributed by atoms with van der Waals surface area (Å²) >= 11 is 9.70. The van der Waals surface area contributed by atoms with Gasteiger partial charge in [0, 0.05) is 10.0 Å². The predicted octanol–water partition coefficient (Wildman–Crippen LogP) is 7.88. The van der Waals surface area contributed by atoms with Crippen molar-refractivity contribution in [1.29, 1.82) is 0 Å². The molecule has 0 aromatic heterocycles. The fourth-order valence-corrected chi connectivity index (χ4v) is 4.08. The van der Waals surface area contributed by atoms with E-state index < -0.39 is 0 Å². The number of allylic oxidation sites excluding steroid dienone is 4. The second-order valence-electron chi connectivity index (χ2n) is 8.93. The third-order valence-electron chi connectivity index (χ3n) is 5.89. The average molecular weight is 579 g/mol. The normalized spacial score (nSPS) is 14.7. The number of benzene rings is 3. The minimum absolute atomic E-state index is 0.181. The number of hydroxylamine groups is 2. The third-order valence-corrected chi connectivity index (χ3v) is 7.07. The van der Waals surface area contributed by atoms with Crippen LogP contribution in [0.25, 0.3) is 0 Å². The van der Waals surface area contributed by atoms with Crippen molar-refractivity contribution >= 4 is 33.4 Å². The topological polar surface area (TPSA) is 38.8 Å². The summed E-state index contributed by atoms with van der Waals surface area (Å²) < 4.78 is 6.86. The summed E-state index contributed by atoms with van der Waals surface area (Å²) in [6.07, 6.45) is 9.54. The van der Waals surface area contributed by atoms with Crippen molar-refractivity contribution in [2.75, 3.05) is 6.54 Å². The van der Waals surface area contributed by atoms with Gasteiger partial charge >= 0.3 is 0 Å². The van der Waals surface area contributed by atoms with E-state index in [1.54, 1.807) is 6.07 Å². The van der Waals surface area contributed by atoms with Crippen molar-refractivity contribution in [2.24, 2.45) is 0 Å². The lowest BCUT2D eigenvalue weighted by molar-refractivity contribution is -0.127. The first-order valence-electron chi connectivity index (χ1n) is 12.1. The maximum absolute atomic E-state index is 13.4. The number of nitrogens with zero attached hydrogens (tertiary/aromatic N) is 1. The molecule has 0 aliphatic heterocycles. The van der Waals surface area contributed by atoms with Gasteiger partial charge in [0.25, 0.3) is 5.91 Å². The van der Waals surface area contributed by atoms with Crippen molar-refractivity contribution in [3.05, 3.63) is 135 Å².